The number of hydrogen-bond acceptors (Lipinski definition) is 5. The molecule has 0 bridgehead atoms. The monoisotopic (exact) mass is 477 g/mol. The molecule has 1 amide bonds. The standard InChI is InChI=1S/C22H16BrN5O3/c1-14-4-2-5-15(12-14)21-25-20(26-27(21)18-10-8-16(23)9-11-18)22(29)24-17-6-3-7-19(13-17)28(30)31/h2-13H,1H3,(H,24,29). The lowest BCUT2D eigenvalue weighted by atomic mass is 10.1. The molecule has 0 aliphatic rings. The molecule has 0 fully saturated rings. The Morgan fingerprint density at radius 1 is 1.06 bits per heavy atom. The molecule has 0 unspecified atom stereocenters. The molecule has 0 saturated carbocycles. The second kappa shape index (κ2) is 8.49. The number of nitrogens with one attached hydrogen (secondary N) is 1. The topological polar surface area (TPSA) is 103 Å². The highest BCUT2D eigenvalue weighted by atomic mass is 79.9. The van der Waals surface area contributed by atoms with Crippen molar-refractivity contribution in [2.45, 2.75) is 6.92 Å². The van der Waals surface area contributed by atoms with Gasteiger partial charge < -0.3 is 5.32 Å². The molecule has 4 aromatic rings. The van der Waals surface area contributed by atoms with E-state index >= 15 is 0 Å². The van der Waals surface area contributed by atoms with Crippen LogP contribution >= 0.6 is 15.9 Å². The van der Waals surface area contributed by atoms with Crippen molar-refractivity contribution in [1.82, 2.24) is 14.8 Å². The van der Waals surface area contributed by atoms with E-state index in [1.54, 1.807) is 10.7 Å². The van der Waals surface area contributed by atoms with Gasteiger partial charge in [0, 0.05) is 27.9 Å². The third-order valence-corrected chi connectivity index (χ3v) is 5.00. The summed E-state index contributed by atoms with van der Waals surface area (Å²) in [6.07, 6.45) is 0. The number of halogens is 1. The minimum absolute atomic E-state index is 0.0501. The average molecular weight is 478 g/mol. The number of nitro benzene ring substituents is 1. The third-order valence-electron chi connectivity index (χ3n) is 4.47. The van der Waals surface area contributed by atoms with Crippen molar-refractivity contribution in [3.63, 3.8) is 0 Å². The minimum Gasteiger partial charge on any atom is -0.319 e. The first-order valence-electron chi connectivity index (χ1n) is 9.26. The molecule has 3 aromatic carbocycles. The van der Waals surface area contributed by atoms with E-state index in [9.17, 15) is 14.9 Å². The molecule has 1 N–H and O–H groups in total. The maximum absolute atomic E-state index is 12.8. The fourth-order valence-electron chi connectivity index (χ4n) is 3.03. The molecule has 0 aliphatic carbocycles. The maximum atomic E-state index is 12.8. The Morgan fingerprint density at radius 3 is 2.52 bits per heavy atom. The molecule has 0 spiro atoms. The van der Waals surface area contributed by atoms with Crippen LogP contribution in [0.3, 0.4) is 0 Å². The van der Waals surface area contributed by atoms with Crippen LogP contribution in [0.15, 0.2) is 77.3 Å². The van der Waals surface area contributed by atoms with Crippen LogP contribution in [-0.2, 0) is 0 Å². The molecule has 9 heteroatoms. The summed E-state index contributed by atoms with van der Waals surface area (Å²) >= 11 is 3.42. The van der Waals surface area contributed by atoms with Crippen molar-refractivity contribution >= 4 is 33.2 Å². The number of rotatable bonds is 5. The van der Waals surface area contributed by atoms with E-state index in [0.29, 0.717) is 5.82 Å². The number of nitro groups is 1. The number of anilines is 1. The minimum atomic E-state index is -0.565. The van der Waals surface area contributed by atoms with Gasteiger partial charge in [0.2, 0.25) is 5.82 Å². The summed E-state index contributed by atoms with van der Waals surface area (Å²) < 4.78 is 2.51. The van der Waals surface area contributed by atoms with Gasteiger partial charge in [0.1, 0.15) is 0 Å². The lowest BCUT2D eigenvalue weighted by Gasteiger charge is -2.06. The molecule has 154 valence electrons. The van der Waals surface area contributed by atoms with Crippen LogP contribution in [0.25, 0.3) is 17.1 Å². The number of aromatic nitrogens is 3. The second-order valence-electron chi connectivity index (χ2n) is 6.78. The molecule has 0 atom stereocenters. The molecular formula is C22H16BrN5O3. The number of carbonyl (C=O) groups is 1. The first-order valence-corrected chi connectivity index (χ1v) is 10.1. The van der Waals surface area contributed by atoms with Crippen LogP contribution in [0.2, 0.25) is 0 Å². The lowest BCUT2D eigenvalue weighted by Crippen LogP contribution is -2.14. The van der Waals surface area contributed by atoms with Gasteiger partial charge in [-0.05, 0) is 43.3 Å². The van der Waals surface area contributed by atoms with E-state index < -0.39 is 10.8 Å². The maximum Gasteiger partial charge on any atom is 0.295 e. The fraction of sp³-hybridized carbons (Fsp3) is 0.0455. The molecule has 0 aliphatic heterocycles. The van der Waals surface area contributed by atoms with Gasteiger partial charge >= 0.3 is 0 Å². The number of nitrogens with zero attached hydrogens (tertiary/aromatic N) is 4. The van der Waals surface area contributed by atoms with Gasteiger partial charge in [0.25, 0.3) is 11.6 Å². The molecule has 0 saturated heterocycles. The predicted molar refractivity (Wildman–Crippen MR) is 120 cm³/mol. The number of aryl methyl sites for hydroxylation is 1. The molecule has 0 radical (unpaired) electrons. The summed E-state index contributed by atoms with van der Waals surface area (Å²) in [5, 5.41) is 18.0. The summed E-state index contributed by atoms with van der Waals surface area (Å²) in [5.41, 5.74) is 2.76. The molecule has 1 aromatic heterocycles. The van der Waals surface area contributed by atoms with Crippen molar-refractivity contribution in [2.24, 2.45) is 0 Å². The van der Waals surface area contributed by atoms with Gasteiger partial charge in [0.05, 0.1) is 10.6 Å². The lowest BCUT2D eigenvalue weighted by molar-refractivity contribution is -0.384. The van der Waals surface area contributed by atoms with Crippen molar-refractivity contribution in [3.8, 4) is 17.1 Å². The van der Waals surface area contributed by atoms with Gasteiger partial charge in [-0.25, -0.2) is 9.67 Å². The summed E-state index contributed by atoms with van der Waals surface area (Å²) in [6, 6.07) is 20.9. The normalized spacial score (nSPS) is 10.6. The summed E-state index contributed by atoms with van der Waals surface area (Å²) in [4.78, 5) is 27.7. The fourth-order valence-corrected chi connectivity index (χ4v) is 3.29. The zero-order valence-electron chi connectivity index (χ0n) is 16.3. The smallest absolute Gasteiger partial charge is 0.295 e. The summed E-state index contributed by atoms with van der Waals surface area (Å²) in [5.74, 6) is -0.105. The Labute approximate surface area is 185 Å². The summed E-state index contributed by atoms with van der Waals surface area (Å²) in [6.45, 7) is 1.97. The van der Waals surface area contributed by atoms with E-state index in [1.807, 2.05) is 55.5 Å². The largest absolute Gasteiger partial charge is 0.319 e. The Bertz CT molecular complexity index is 1280. The number of non-ortho nitro benzene ring substituents is 1. The van der Waals surface area contributed by atoms with Gasteiger partial charge in [0.15, 0.2) is 5.82 Å². The van der Waals surface area contributed by atoms with Crippen LogP contribution in [0.4, 0.5) is 11.4 Å². The van der Waals surface area contributed by atoms with E-state index in [0.717, 1.165) is 21.3 Å². The van der Waals surface area contributed by atoms with Crippen molar-refractivity contribution < 1.29 is 9.72 Å². The van der Waals surface area contributed by atoms with Crippen LogP contribution in [-0.4, -0.2) is 25.6 Å². The Hall–Kier alpha value is -3.85. The van der Waals surface area contributed by atoms with Gasteiger partial charge in [-0.1, -0.05) is 45.8 Å². The quantitative estimate of drug-likeness (QED) is 0.315. The van der Waals surface area contributed by atoms with Crippen molar-refractivity contribution in [1.29, 1.82) is 0 Å². The highest BCUT2D eigenvalue weighted by Crippen LogP contribution is 2.24. The molecule has 1 heterocycles. The number of amides is 1. The van der Waals surface area contributed by atoms with Crippen LogP contribution in [0.5, 0.6) is 0 Å². The van der Waals surface area contributed by atoms with E-state index in [1.165, 1.54) is 18.2 Å². The molecule has 8 nitrogen and oxygen atoms in total. The second-order valence-corrected chi connectivity index (χ2v) is 7.69. The van der Waals surface area contributed by atoms with Crippen molar-refractivity contribution in [3.05, 3.63) is 98.8 Å². The highest BCUT2D eigenvalue weighted by molar-refractivity contribution is 9.10. The Balaban J connectivity index is 1.74. The van der Waals surface area contributed by atoms with E-state index in [4.69, 9.17) is 0 Å². The first kappa shape index (κ1) is 20.4. The zero-order valence-corrected chi connectivity index (χ0v) is 17.9. The molecular weight excluding hydrogens is 462 g/mol. The van der Waals surface area contributed by atoms with Crippen LogP contribution < -0.4 is 5.32 Å². The van der Waals surface area contributed by atoms with Gasteiger partial charge in [-0.3, -0.25) is 14.9 Å². The van der Waals surface area contributed by atoms with Crippen LogP contribution in [0.1, 0.15) is 16.2 Å². The molecule has 4 rings (SSSR count). The highest BCUT2D eigenvalue weighted by Gasteiger charge is 2.20. The van der Waals surface area contributed by atoms with Gasteiger partial charge in [-0.2, -0.15) is 0 Å². The summed E-state index contributed by atoms with van der Waals surface area (Å²) in [7, 11) is 0. The van der Waals surface area contributed by atoms with Gasteiger partial charge in [-0.15, -0.1) is 5.10 Å². The Kier molecular flexibility index (Phi) is 5.59. The predicted octanol–water partition coefficient (Wildman–Crippen LogP) is 5.17. The number of hydrogen-bond donors (Lipinski definition) is 1. The average Bonchev–Trinajstić information content (AvgIpc) is 3.20. The van der Waals surface area contributed by atoms with Crippen LogP contribution in [0, 0.1) is 17.0 Å². The number of carbonyl (C=O) groups excluding carboxylic acids is 1. The Morgan fingerprint density at radius 2 is 1.81 bits per heavy atom. The zero-order chi connectivity index (χ0) is 22.0. The number of benzene rings is 3. The third kappa shape index (κ3) is 4.51. The first-order chi connectivity index (χ1) is 14.9. The van der Waals surface area contributed by atoms with E-state index in [2.05, 4.69) is 31.3 Å². The SMILES string of the molecule is Cc1cccc(-c2nc(C(=O)Nc3cccc([N+](=O)[O-])c3)nn2-c2ccc(Br)cc2)c1. The van der Waals surface area contributed by atoms with E-state index in [-0.39, 0.29) is 17.2 Å². The molecule has 31 heavy (non-hydrogen) atoms. The van der Waals surface area contributed by atoms with Crippen molar-refractivity contribution in [2.75, 3.05) is 5.32 Å².